The van der Waals surface area contributed by atoms with E-state index in [4.69, 9.17) is 16.3 Å². The fourth-order valence-electron chi connectivity index (χ4n) is 3.59. The number of carbonyl (C=O) groups is 1. The van der Waals surface area contributed by atoms with Gasteiger partial charge in [-0.05, 0) is 51.5 Å². The Balaban J connectivity index is 2.23. The number of nitrogens with zero attached hydrogens (tertiary/aromatic N) is 4. The van der Waals surface area contributed by atoms with E-state index in [2.05, 4.69) is 9.82 Å². The lowest BCUT2D eigenvalue weighted by molar-refractivity contribution is -0.385. The molecule has 0 saturated carbocycles. The number of benzene rings is 2. The summed E-state index contributed by atoms with van der Waals surface area (Å²) in [6, 6.07) is 9.46. The van der Waals surface area contributed by atoms with Crippen molar-refractivity contribution in [1.29, 1.82) is 0 Å². The molecule has 1 heterocycles. The third-order valence-corrected chi connectivity index (χ3v) is 7.17. The van der Waals surface area contributed by atoms with Gasteiger partial charge in [-0.1, -0.05) is 24.6 Å². The van der Waals surface area contributed by atoms with Gasteiger partial charge in [-0.3, -0.25) is 14.9 Å². The topological polar surface area (TPSA) is 137 Å². The van der Waals surface area contributed by atoms with Crippen LogP contribution in [0, 0.1) is 17.0 Å². The SMILES string of the molecule is CCCN(C)C(=O)c1nn(-c2cccc(Cl)c2)c(Oc2ccc([N+](=O)[O-])cc2S(=O)(=O)NC(C)C)c1C. The van der Waals surface area contributed by atoms with E-state index in [9.17, 15) is 23.3 Å². The van der Waals surface area contributed by atoms with Gasteiger partial charge in [0.25, 0.3) is 11.6 Å². The van der Waals surface area contributed by atoms with Crippen molar-refractivity contribution < 1.29 is 22.9 Å². The van der Waals surface area contributed by atoms with Crippen molar-refractivity contribution in [2.75, 3.05) is 13.6 Å². The lowest BCUT2D eigenvalue weighted by Crippen LogP contribution is -2.30. The van der Waals surface area contributed by atoms with Crippen LogP contribution in [0.25, 0.3) is 5.69 Å². The average Bonchev–Trinajstić information content (AvgIpc) is 3.13. The molecule has 13 heteroatoms. The number of amides is 1. The van der Waals surface area contributed by atoms with Gasteiger partial charge in [-0.2, -0.15) is 9.78 Å². The van der Waals surface area contributed by atoms with Crippen LogP contribution < -0.4 is 9.46 Å². The number of nitrogens with one attached hydrogen (secondary N) is 1. The first-order chi connectivity index (χ1) is 17.4. The van der Waals surface area contributed by atoms with E-state index in [0.717, 1.165) is 18.6 Å². The first-order valence-corrected chi connectivity index (χ1v) is 13.3. The molecule has 0 fully saturated rings. The predicted molar refractivity (Wildman–Crippen MR) is 139 cm³/mol. The van der Waals surface area contributed by atoms with Crippen LogP contribution >= 0.6 is 11.6 Å². The molecule has 1 N–H and O–H groups in total. The van der Waals surface area contributed by atoms with Gasteiger partial charge < -0.3 is 9.64 Å². The van der Waals surface area contributed by atoms with Crippen molar-refractivity contribution in [3.8, 4) is 17.3 Å². The van der Waals surface area contributed by atoms with Crippen molar-refractivity contribution in [1.82, 2.24) is 19.4 Å². The molecule has 0 atom stereocenters. The third-order valence-electron chi connectivity index (χ3n) is 5.25. The Bertz CT molecular complexity index is 1440. The largest absolute Gasteiger partial charge is 0.437 e. The molecule has 0 radical (unpaired) electrons. The zero-order valence-corrected chi connectivity index (χ0v) is 22.6. The molecular weight excluding hydrogens is 522 g/mol. The minimum Gasteiger partial charge on any atom is -0.437 e. The standard InChI is InChI=1S/C24H28ClN5O6S/c1-6-12-28(5)23(31)22-16(4)24(29(26-22)18-9-7-8-17(25)13-18)36-20-11-10-19(30(32)33)14-21(20)37(34,35)27-15(2)3/h7-11,13-15,27H,6,12H2,1-5H3. The number of nitro groups is 1. The Morgan fingerprint density at radius 1 is 1.27 bits per heavy atom. The monoisotopic (exact) mass is 549 g/mol. The van der Waals surface area contributed by atoms with Crippen LogP contribution in [0.2, 0.25) is 5.02 Å². The van der Waals surface area contributed by atoms with E-state index >= 15 is 0 Å². The Hall–Kier alpha value is -3.48. The highest BCUT2D eigenvalue weighted by Crippen LogP contribution is 2.36. The molecule has 37 heavy (non-hydrogen) atoms. The summed E-state index contributed by atoms with van der Waals surface area (Å²) < 4.78 is 36.0. The maximum atomic E-state index is 13.1. The second kappa shape index (κ2) is 11.3. The molecule has 3 aromatic rings. The summed E-state index contributed by atoms with van der Waals surface area (Å²) in [5.74, 6) is -0.459. The zero-order chi connectivity index (χ0) is 27.5. The highest BCUT2D eigenvalue weighted by atomic mass is 35.5. The summed E-state index contributed by atoms with van der Waals surface area (Å²) in [6.45, 7) is 7.32. The number of nitro benzene ring substituents is 1. The van der Waals surface area contributed by atoms with Crippen LogP contribution in [0.5, 0.6) is 11.6 Å². The quantitative estimate of drug-likeness (QED) is 0.286. The van der Waals surface area contributed by atoms with Crippen LogP contribution in [0.1, 0.15) is 43.2 Å². The summed E-state index contributed by atoms with van der Waals surface area (Å²) in [6.07, 6.45) is 0.743. The number of hydrogen-bond acceptors (Lipinski definition) is 7. The minimum atomic E-state index is -4.20. The number of aromatic nitrogens is 2. The number of sulfonamides is 1. The molecule has 0 aliphatic heterocycles. The minimum absolute atomic E-state index is 0.0605. The van der Waals surface area contributed by atoms with Crippen molar-refractivity contribution >= 4 is 33.2 Å². The smallest absolute Gasteiger partial charge is 0.274 e. The van der Waals surface area contributed by atoms with Gasteiger partial charge in [-0.25, -0.2) is 13.1 Å². The Morgan fingerprint density at radius 3 is 2.57 bits per heavy atom. The molecule has 198 valence electrons. The molecule has 3 rings (SSSR count). The molecule has 0 aliphatic carbocycles. The summed E-state index contributed by atoms with van der Waals surface area (Å²) in [5.41, 5.74) is 0.507. The third kappa shape index (κ3) is 6.27. The molecule has 0 unspecified atom stereocenters. The van der Waals surface area contributed by atoms with Crippen molar-refractivity contribution in [3.63, 3.8) is 0 Å². The molecule has 2 aromatic carbocycles. The molecule has 0 bridgehead atoms. The Kier molecular flexibility index (Phi) is 8.57. The van der Waals surface area contributed by atoms with Crippen LogP contribution in [-0.2, 0) is 10.0 Å². The molecule has 1 amide bonds. The number of hydrogen-bond donors (Lipinski definition) is 1. The fourth-order valence-corrected chi connectivity index (χ4v) is 5.17. The maximum Gasteiger partial charge on any atom is 0.274 e. The van der Waals surface area contributed by atoms with Crippen LogP contribution in [0.4, 0.5) is 5.69 Å². The first-order valence-electron chi connectivity index (χ1n) is 11.4. The van der Waals surface area contributed by atoms with E-state index in [1.54, 1.807) is 52.1 Å². The molecular formula is C24H28ClN5O6S. The van der Waals surface area contributed by atoms with Crippen molar-refractivity contribution in [2.45, 2.75) is 45.1 Å². The number of carbonyl (C=O) groups excluding carboxylic acids is 1. The number of rotatable bonds is 10. The molecule has 11 nitrogen and oxygen atoms in total. The predicted octanol–water partition coefficient (Wildman–Crippen LogP) is 4.70. The lowest BCUT2D eigenvalue weighted by Gasteiger charge is -2.15. The summed E-state index contributed by atoms with van der Waals surface area (Å²) >= 11 is 6.18. The van der Waals surface area contributed by atoms with Gasteiger partial charge in [0.15, 0.2) is 5.69 Å². The number of non-ortho nitro benzene ring substituents is 1. The van der Waals surface area contributed by atoms with Crippen LogP contribution in [-0.4, -0.2) is 53.6 Å². The van der Waals surface area contributed by atoms with Gasteiger partial charge in [0.1, 0.15) is 10.6 Å². The molecule has 0 saturated heterocycles. The van der Waals surface area contributed by atoms with Crippen LogP contribution in [0.3, 0.4) is 0 Å². The number of ether oxygens (including phenoxy) is 1. The highest BCUT2D eigenvalue weighted by molar-refractivity contribution is 7.89. The van der Waals surface area contributed by atoms with Crippen LogP contribution in [0.15, 0.2) is 47.4 Å². The van der Waals surface area contributed by atoms with Crippen molar-refractivity contribution in [2.24, 2.45) is 0 Å². The second-order valence-electron chi connectivity index (χ2n) is 8.66. The molecule has 0 aliphatic rings. The van der Waals surface area contributed by atoms with Crippen molar-refractivity contribution in [3.05, 3.63) is 68.9 Å². The van der Waals surface area contributed by atoms with Gasteiger partial charge in [0.2, 0.25) is 15.9 Å². The van der Waals surface area contributed by atoms with Gasteiger partial charge in [0, 0.05) is 42.4 Å². The maximum absolute atomic E-state index is 13.1. The van der Waals surface area contributed by atoms with E-state index in [1.165, 1.54) is 15.6 Å². The van der Waals surface area contributed by atoms with E-state index in [0.29, 0.717) is 22.8 Å². The Labute approximate surface area is 220 Å². The van der Waals surface area contributed by atoms with E-state index in [1.807, 2.05) is 6.92 Å². The lowest BCUT2D eigenvalue weighted by atomic mass is 10.2. The van der Waals surface area contributed by atoms with E-state index < -0.39 is 31.6 Å². The molecule has 0 spiro atoms. The summed E-state index contributed by atoms with van der Waals surface area (Å²) in [5, 5.41) is 16.3. The highest BCUT2D eigenvalue weighted by Gasteiger charge is 2.29. The molecule has 1 aromatic heterocycles. The Morgan fingerprint density at radius 2 is 1.97 bits per heavy atom. The van der Waals surface area contributed by atoms with Gasteiger partial charge in [-0.15, -0.1) is 0 Å². The number of halogens is 1. The fraction of sp³-hybridized carbons (Fsp3) is 0.333. The average molecular weight is 550 g/mol. The van der Waals surface area contributed by atoms with Gasteiger partial charge in [0.05, 0.1) is 10.6 Å². The van der Waals surface area contributed by atoms with E-state index in [-0.39, 0.29) is 23.2 Å². The first kappa shape index (κ1) is 28.1. The normalized spacial score (nSPS) is 11.5. The summed E-state index contributed by atoms with van der Waals surface area (Å²) in [7, 11) is -2.54. The second-order valence-corrected chi connectivity index (χ2v) is 10.8. The summed E-state index contributed by atoms with van der Waals surface area (Å²) in [4.78, 5) is 24.9. The van der Waals surface area contributed by atoms with Gasteiger partial charge >= 0.3 is 0 Å². The zero-order valence-electron chi connectivity index (χ0n) is 21.1.